The molecule has 1 heterocycles. The molecule has 0 unspecified atom stereocenters. The van der Waals surface area contributed by atoms with E-state index in [1.165, 1.54) is 0 Å². The number of carboxylic acids is 1. The second-order valence-corrected chi connectivity index (χ2v) is 6.51. The maximum absolute atomic E-state index is 13.7. The Morgan fingerprint density at radius 2 is 2.10 bits per heavy atom. The minimum atomic E-state index is -4.18. The number of hydrogen-bond donors (Lipinski definition) is 2. The summed E-state index contributed by atoms with van der Waals surface area (Å²) in [5.74, 6) is -2.50. The molecular formula is C10H8FN3O4S2. The first-order valence-corrected chi connectivity index (χ1v) is 7.45. The number of rotatable bonds is 4. The molecule has 1 aromatic heterocycles. The number of aryl methyl sites for hydroxylation is 1. The zero-order valence-electron chi connectivity index (χ0n) is 9.99. The Labute approximate surface area is 117 Å². The topological polar surface area (TPSA) is 109 Å². The number of nitrogens with one attached hydrogen (secondary N) is 1. The van der Waals surface area contributed by atoms with E-state index in [9.17, 15) is 17.6 Å². The predicted molar refractivity (Wildman–Crippen MR) is 68.8 cm³/mol. The van der Waals surface area contributed by atoms with Gasteiger partial charge in [-0.15, -0.1) is 10.2 Å². The monoisotopic (exact) mass is 317 g/mol. The van der Waals surface area contributed by atoms with Gasteiger partial charge < -0.3 is 5.11 Å². The molecule has 20 heavy (non-hydrogen) atoms. The van der Waals surface area contributed by atoms with Crippen LogP contribution in [0.25, 0.3) is 0 Å². The van der Waals surface area contributed by atoms with Crippen molar-refractivity contribution < 1.29 is 22.7 Å². The van der Waals surface area contributed by atoms with E-state index in [-0.39, 0.29) is 10.7 Å². The molecule has 1 aromatic carbocycles. The average Bonchev–Trinajstić information content (AvgIpc) is 2.73. The van der Waals surface area contributed by atoms with Gasteiger partial charge in [-0.1, -0.05) is 11.3 Å². The van der Waals surface area contributed by atoms with Crippen molar-refractivity contribution in [3.63, 3.8) is 0 Å². The van der Waals surface area contributed by atoms with E-state index in [0.29, 0.717) is 11.1 Å². The maximum Gasteiger partial charge on any atom is 0.335 e. The number of carbonyl (C=O) groups is 1. The van der Waals surface area contributed by atoms with Gasteiger partial charge in [-0.2, -0.15) is 0 Å². The van der Waals surface area contributed by atoms with E-state index >= 15 is 0 Å². The van der Waals surface area contributed by atoms with E-state index in [2.05, 4.69) is 14.9 Å². The molecular weight excluding hydrogens is 309 g/mol. The largest absolute Gasteiger partial charge is 0.478 e. The Morgan fingerprint density at radius 3 is 2.60 bits per heavy atom. The number of halogens is 1. The molecule has 0 aliphatic carbocycles. The standard InChI is InChI=1S/C10H8FN3O4S2/c1-5-12-13-10(19-5)14-20(17,18)8-3-2-6(9(15)16)4-7(8)11/h2-4H,1H3,(H,13,14)(H,15,16). The molecule has 0 atom stereocenters. The van der Waals surface area contributed by atoms with Crippen molar-refractivity contribution in [2.75, 3.05) is 4.72 Å². The van der Waals surface area contributed by atoms with Gasteiger partial charge in [0.15, 0.2) is 0 Å². The fourth-order valence-electron chi connectivity index (χ4n) is 1.36. The SMILES string of the molecule is Cc1nnc(NS(=O)(=O)c2ccc(C(=O)O)cc2F)s1. The fourth-order valence-corrected chi connectivity index (χ4v) is 3.24. The molecule has 2 N–H and O–H groups in total. The molecule has 0 radical (unpaired) electrons. The van der Waals surface area contributed by atoms with Crippen LogP contribution in [0.1, 0.15) is 15.4 Å². The van der Waals surface area contributed by atoms with Gasteiger partial charge in [0.25, 0.3) is 10.0 Å². The highest BCUT2D eigenvalue weighted by atomic mass is 32.2. The molecule has 10 heteroatoms. The van der Waals surface area contributed by atoms with Crippen molar-refractivity contribution in [1.82, 2.24) is 10.2 Å². The van der Waals surface area contributed by atoms with Crippen LogP contribution in [0.4, 0.5) is 9.52 Å². The smallest absolute Gasteiger partial charge is 0.335 e. The Hall–Kier alpha value is -2.07. The molecule has 7 nitrogen and oxygen atoms in total. The summed E-state index contributed by atoms with van der Waals surface area (Å²) < 4.78 is 39.7. The van der Waals surface area contributed by atoms with E-state index < -0.39 is 26.7 Å². The number of benzene rings is 1. The third-order valence-electron chi connectivity index (χ3n) is 2.22. The number of aromatic nitrogens is 2. The first-order valence-electron chi connectivity index (χ1n) is 5.15. The summed E-state index contributed by atoms with van der Waals surface area (Å²) in [6, 6.07) is 2.53. The van der Waals surface area contributed by atoms with Gasteiger partial charge in [-0.3, -0.25) is 4.72 Å². The van der Waals surface area contributed by atoms with Crippen LogP contribution in [0.15, 0.2) is 23.1 Å². The average molecular weight is 317 g/mol. The summed E-state index contributed by atoms with van der Waals surface area (Å²) in [4.78, 5) is 10.0. The molecule has 2 aromatic rings. The van der Waals surface area contributed by atoms with Gasteiger partial charge in [-0.25, -0.2) is 17.6 Å². The third-order valence-corrected chi connectivity index (χ3v) is 4.47. The van der Waals surface area contributed by atoms with Crippen LogP contribution in [-0.4, -0.2) is 29.7 Å². The van der Waals surface area contributed by atoms with Crippen molar-refractivity contribution in [2.24, 2.45) is 0 Å². The molecule has 0 spiro atoms. The van der Waals surface area contributed by atoms with Crippen LogP contribution in [0.3, 0.4) is 0 Å². The molecule has 0 amide bonds. The summed E-state index contributed by atoms with van der Waals surface area (Å²) >= 11 is 0.994. The Morgan fingerprint density at radius 1 is 1.40 bits per heavy atom. The van der Waals surface area contributed by atoms with Crippen LogP contribution in [0, 0.1) is 12.7 Å². The van der Waals surface area contributed by atoms with E-state index in [4.69, 9.17) is 5.11 Å². The molecule has 0 saturated heterocycles. The van der Waals surface area contributed by atoms with E-state index in [0.717, 1.165) is 23.5 Å². The number of anilines is 1. The number of nitrogens with zero attached hydrogens (tertiary/aromatic N) is 2. The normalized spacial score (nSPS) is 11.3. The second kappa shape index (κ2) is 5.13. The summed E-state index contributed by atoms with van der Waals surface area (Å²) in [6.07, 6.45) is 0. The minimum Gasteiger partial charge on any atom is -0.478 e. The zero-order valence-corrected chi connectivity index (χ0v) is 11.6. The molecule has 106 valence electrons. The predicted octanol–water partition coefficient (Wildman–Crippen LogP) is 1.48. The number of aromatic carboxylic acids is 1. The van der Waals surface area contributed by atoms with E-state index in [1.807, 2.05) is 0 Å². The van der Waals surface area contributed by atoms with Crippen LogP contribution >= 0.6 is 11.3 Å². The molecule has 0 fully saturated rings. The highest BCUT2D eigenvalue weighted by molar-refractivity contribution is 7.93. The Kier molecular flexibility index (Phi) is 3.68. The number of carboxylic acid groups (broad SMARTS) is 1. The lowest BCUT2D eigenvalue weighted by Crippen LogP contribution is -2.15. The minimum absolute atomic E-state index is 0.00390. The van der Waals surface area contributed by atoms with Crippen molar-refractivity contribution in [3.8, 4) is 0 Å². The van der Waals surface area contributed by atoms with Crippen molar-refractivity contribution in [2.45, 2.75) is 11.8 Å². The molecule has 0 aliphatic rings. The first kappa shape index (κ1) is 14.3. The second-order valence-electron chi connectivity index (χ2n) is 3.68. The Balaban J connectivity index is 2.37. The van der Waals surface area contributed by atoms with Gasteiger partial charge in [-0.05, 0) is 25.1 Å². The summed E-state index contributed by atoms with van der Waals surface area (Å²) in [5, 5.41) is 16.4. The van der Waals surface area contributed by atoms with Gasteiger partial charge in [0.2, 0.25) is 5.13 Å². The van der Waals surface area contributed by atoms with Crippen molar-refractivity contribution in [1.29, 1.82) is 0 Å². The Bertz CT molecular complexity index is 773. The van der Waals surface area contributed by atoms with Crippen LogP contribution in [0.2, 0.25) is 0 Å². The summed E-state index contributed by atoms with van der Waals surface area (Å²) in [6.45, 7) is 1.64. The third kappa shape index (κ3) is 2.91. The van der Waals surface area contributed by atoms with Crippen LogP contribution in [-0.2, 0) is 10.0 Å². The first-order chi connectivity index (χ1) is 9.29. The molecule has 0 bridgehead atoms. The van der Waals surface area contributed by atoms with Crippen molar-refractivity contribution in [3.05, 3.63) is 34.6 Å². The van der Waals surface area contributed by atoms with Gasteiger partial charge in [0.1, 0.15) is 15.7 Å². The number of hydrogen-bond acceptors (Lipinski definition) is 6. The van der Waals surface area contributed by atoms with Gasteiger partial charge in [0, 0.05) is 0 Å². The molecule has 2 rings (SSSR count). The van der Waals surface area contributed by atoms with Gasteiger partial charge in [0.05, 0.1) is 5.56 Å². The fraction of sp³-hybridized carbons (Fsp3) is 0.100. The lowest BCUT2D eigenvalue weighted by molar-refractivity contribution is 0.0696. The molecule has 0 saturated carbocycles. The maximum atomic E-state index is 13.7. The quantitative estimate of drug-likeness (QED) is 0.884. The lowest BCUT2D eigenvalue weighted by atomic mass is 10.2. The van der Waals surface area contributed by atoms with E-state index in [1.54, 1.807) is 6.92 Å². The highest BCUT2D eigenvalue weighted by Gasteiger charge is 2.22. The van der Waals surface area contributed by atoms with Crippen LogP contribution < -0.4 is 4.72 Å². The summed E-state index contributed by atoms with van der Waals surface area (Å²) in [5.41, 5.74) is -0.340. The zero-order chi connectivity index (χ0) is 14.9. The number of sulfonamides is 1. The lowest BCUT2D eigenvalue weighted by Gasteiger charge is -2.06. The summed E-state index contributed by atoms with van der Waals surface area (Å²) in [7, 11) is -4.18. The van der Waals surface area contributed by atoms with Gasteiger partial charge >= 0.3 is 5.97 Å². The van der Waals surface area contributed by atoms with Crippen LogP contribution in [0.5, 0.6) is 0 Å². The molecule has 0 aliphatic heterocycles. The highest BCUT2D eigenvalue weighted by Crippen LogP contribution is 2.22. The van der Waals surface area contributed by atoms with Crippen molar-refractivity contribution >= 4 is 32.5 Å².